The first-order valence-corrected chi connectivity index (χ1v) is 24.6. The molecule has 8 aromatic rings. The largest absolute Gasteiger partial charge is 1.00 e. The summed E-state index contributed by atoms with van der Waals surface area (Å²) in [6.07, 6.45) is 0. The molecule has 0 fully saturated rings. The molecule has 76 heavy (non-hydrogen) atoms. The van der Waals surface area contributed by atoms with Crippen molar-refractivity contribution in [2.75, 3.05) is 10.6 Å². The molecule has 1 aromatic heterocycles. The Kier molecular flexibility index (Phi) is 19.4. The van der Waals surface area contributed by atoms with Gasteiger partial charge in [-0.15, -0.1) is 10.2 Å². The summed E-state index contributed by atoms with van der Waals surface area (Å²) in [5.41, 5.74) is -1.04. The number of aryl methyl sites for hydroxylation is 1. The summed E-state index contributed by atoms with van der Waals surface area (Å²) in [6, 6.07) is 26.5. The summed E-state index contributed by atoms with van der Waals surface area (Å²) in [7, 11) is -16.2. The molecule has 0 bridgehead atoms. The quantitative estimate of drug-likeness (QED) is 0.0251. The van der Waals surface area contributed by atoms with Crippen molar-refractivity contribution < 1.29 is 153 Å². The predicted octanol–water partition coefficient (Wildman–Crippen LogP) is -0.346. The van der Waals surface area contributed by atoms with Gasteiger partial charge in [-0.25, -0.2) is 4.68 Å². The SMILES string of the molecule is Cc1cc([O-])n(-c2cccc(N=Nc3ccc(Nc4ccc(N=Nc5cccc6c(S(=O)(=O)O)c(S(=O)(=O)O)c(N=Nc7ccc(Nc8ccc([N+](=O)[O-])cc8S(=O)(=O)O)cc7)c(O)c56)c([O-])c4)cc3[O-])c2)n1.[Na+].[Na+].[Na+]. The molecule has 0 saturated carbocycles. The number of fused-ring (bicyclic) bond motifs is 1. The number of aromatic hydroxyl groups is 1. The van der Waals surface area contributed by atoms with Gasteiger partial charge in [-0.2, -0.15) is 50.8 Å². The number of hydrogen-bond donors (Lipinski definition) is 6. The van der Waals surface area contributed by atoms with Crippen molar-refractivity contribution >= 4 is 104 Å². The first kappa shape index (κ1) is 60.6. The number of phenolic OH excluding ortho intramolecular Hbond substituents is 1. The van der Waals surface area contributed by atoms with Gasteiger partial charge < -0.3 is 31.1 Å². The van der Waals surface area contributed by atoms with E-state index in [0.29, 0.717) is 23.1 Å². The van der Waals surface area contributed by atoms with Crippen LogP contribution < -0.4 is 115 Å². The van der Waals surface area contributed by atoms with Crippen molar-refractivity contribution in [1.29, 1.82) is 0 Å². The Hall–Kier alpha value is -6.26. The molecule has 0 aliphatic heterocycles. The Morgan fingerprint density at radius 2 is 1.14 bits per heavy atom. The van der Waals surface area contributed by atoms with Gasteiger partial charge in [0, 0.05) is 34.6 Å². The molecule has 8 rings (SSSR count). The number of hydrogen-bond acceptors (Lipinski definition) is 21. The molecule has 0 radical (unpaired) electrons. The molecule has 0 aliphatic carbocycles. The Labute approximate surface area is 496 Å². The minimum atomic E-state index is -5.67. The van der Waals surface area contributed by atoms with Crippen LogP contribution in [0.25, 0.3) is 16.5 Å². The normalized spacial score (nSPS) is 11.8. The molecule has 6 N–H and O–H groups in total. The number of rotatable bonds is 15. The van der Waals surface area contributed by atoms with E-state index in [-0.39, 0.29) is 134 Å². The zero-order valence-corrected chi connectivity index (χ0v) is 48.1. The minimum absolute atomic E-state index is 0. The van der Waals surface area contributed by atoms with Gasteiger partial charge in [-0.3, -0.25) is 23.8 Å². The molecular weight excluding hydrogens is 1090 g/mol. The molecule has 372 valence electrons. The van der Waals surface area contributed by atoms with E-state index in [1.54, 1.807) is 31.2 Å². The van der Waals surface area contributed by atoms with Crippen molar-refractivity contribution in [1.82, 2.24) is 9.78 Å². The van der Waals surface area contributed by atoms with Gasteiger partial charge in [0.1, 0.15) is 14.7 Å². The molecule has 0 amide bonds. The summed E-state index contributed by atoms with van der Waals surface area (Å²) >= 11 is 0. The Bertz CT molecular complexity index is 4020. The Morgan fingerprint density at radius 1 is 0.579 bits per heavy atom. The second kappa shape index (κ2) is 24.4. The molecule has 32 heteroatoms. The number of benzene rings is 7. The number of nitrogens with one attached hydrogen (secondary N) is 2. The third kappa shape index (κ3) is 13.8. The predicted molar refractivity (Wildman–Crippen MR) is 253 cm³/mol. The smallest absolute Gasteiger partial charge is 0.871 e. The van der Waals surface area contributed by atoms with Crippen LogP contribution in [0.15, 0.2) is 173 Å². The van der Waals surface area contributed by atoms with E-state index in [1.807, 2.05) is 0 Å². The van der Waals surface area contributed by atoms with Crippen LogP contribution in [0.5, 0.6) is 23.1 Å². The Morgan fingerprint density at radius 3 is 1.70 bits per heavy atom. The topological polar surface area (TPSA) is 412 Å². The zero-order valence-electron chi connectivity index (χ0n) is 39.7. The Balaban J connectivity index is 0.00000356. The number of nitrogens with zero attached hydrogens (tertiary/aromatic N) is 9. The van der Waals surface area contributed by atoms with Gasteiger partial charge in [-0.1, -0.05) is 29.7 Å². The van der Waals surface area contributed by atoms with Crippen LogP contribution in [0.3, 0.4) is 0 Å². The van der Waals surface area contributed by atoms with Crippen molar-refractivity contribution in [2.24, 2.45) is 30.7 Å². The van der Waals surface area contributed by atoms with E-state index >= 15 is 0 Å². The number of phenols is 1. The third-order valence-corrected chi connectivity index (χ3v) is 13.0. The minimum Gasteiger partial charge on any atom is -0.871 e. The van der Waals surface area contributed by atoms with E-state index in [4.69, 9.17) is 0 Å². The fourth-order valence-electron chi connectivity index (χ4n) is 7.00. The molecular formula is C44H30N11Na3O15S3. The maximum absolute atomic E-state index is 13.2. The standard InChI is InChI=1S/C44H33N11O15S3.3Na/c1-23-18-39(58)54(53-23)29-5-2-4-28(19-29)48-49-32-15-12-26(20-36(32)56)45-27-13-16-33(37(57)21-27)50-51-35-7-3-6-31-40(35)42(59)41(44(73(68,69)70)43(31)72(65,66)67)52-47-25-10-8-24(9-11-25)46-34-17-14-30(55(60)61)22-38(34)71(62,63)64;;;/h2-22,45-46,56-59H,1H3,(H,62,63,64)(H,65,66,67)(H,68,69,70);;;/q;3*+1/p-3. The molecule has 0 spiro atoms. The van der Waals surface area contributed by atoms with Crippen LogP contribution in [0.1, 0.15) is 5.69 Å². The maximum Gasteiger partial charge on any atom is 1.00 e. The second-order valence-corrected chi connectivity index (χ2v) is 19.3. The van der Waals surface area contributed by atoms with Crippen LogP contribution >= 0.6 is 0 Å². The van der Waals surface area contributed by atoms with Crippen LogP contribution in [0.2, 0.25) is 0 Å². The number of azo groups is 3. The summed E-state index contributed by atoms with van der Waals surface area (Å²) in [4.78, 5) is 6.45. The van der Waals surface area contributed by atoms with Gasteiger partial charge in [0.15, 0.2) is 11.4 Å². The van der Waals surface area contributed by atoms with E-state index in [2.05, 4.69) is 46.4 Å². The summed E-state index contributed by atoms with van der Waals surface area (Å²) in [6.45, 7) is 1.68. The number of nitro benzene ring substituents is 1. The van der Waals surface area contributed by atoms with Gasteiger partial charge in [0.05, 0.1) is 55.8 Å². The molecule has 1 heterocycles. The summed E-state index contributed by atoms with van der Waals surface area (Å²) in [5.74, 6) is -2.72. The van der Waals surface area contributed by atoms with Crippen molar-refractivity contribution in [3.05, 3.63) is 143 Å². The summed E-state index contributed by atoms with van der Waals surface area (Å²) < 4.78 is 107. The molecule has 0 atom stereocenters. The van der Waals surface area contributed by atoms with Crippen molar-refractivity contribution in [2.45, 2.75) is 21.6 Å². The first-order chi connectivity index (χ1) is 34.4. The number of anilines is 4. The van der Waals surface area contributed by atoms with Crippen molar-refractivity contribution in [3.63, 3.8) is 0 Å². The first-order valence-electron chi connectivity index (χ1n) is 20.3. The molecule has 0 aliphatic rings. The fraction of sp³-hybridized carbons (Fsp3) is 0.0227. The maximum atomic E-state index is 13.2. The van der Waals surface area contributed by atoms with Crippen LogP contribution in [-0.4, -0.2) is 58.7 Å². The van der Waals surface area contributed by atoms with E-state index in [1.165, 1.54) is 71.4 Å². The van der Waals surface area contributed by atoms with Crippen LogP contribution in [0.4, 0.5) is 62.6 Å². The van der Waals surface area contributed by atoms with E-state index < -0.39 is 95.0 Å². The number of non-ortho nitro benzene ring substituents is 1. The van der Waals surface area contributed by atoms with Gasteiger partial charge in [-0.05, 0) is 110 Å². The second-order valence-electron chi connectivity index (χ2n) is 15.2. The zero-order chi connectivity index (χ0) is 52.6. The average molecular weight is 1120 g/mol. The number of aromatic nitrogens is 2. The van der Waals surface area contributed by atoms with Crippen LogP contribution in [0, 0.1) is 17.0 Å². The van der Waals surface area contributed by atoms with E-state index in [0.717, 1.165) is 30.3 Å². The van der Waals surface area contributed by atoms with Gasteiger partial charge >= 0.3 is 88.7 Å². The van der Waals surface area contributed by atoms with E-state index in [9.17, 15) is 69.5 Å². The molecule has 26 nitrogen and oxygen atoms in total. The average Bonchev–Trinajstić information content (AvgIpc) is 3.67. The molecule has 0 saturated heterocycles. The summed E-state index contributed by atoms with van der Waals surface area (Å²) in [5, 5.41) is 93.1. The number of nitro groups is 1. The van der Waals surface area contributed by atoms with Gasteiger partial charge in [0.2, 0.25) is 0 Å². The van der Waals surface area contributed by atoms with Gasteiger partial charge in [0.25, 0.3) is 36.0 Å². The third-order valence-electron chi connectivity index (χ3n) is 10.2. The fourth-order valence-corrected chi connectivity index (χ4v) is 9.81. The monoisotopic (exact) mass is 1120 g/mol. The molecule has 0 unspecified atom stereocenters. The van der Waals surface area contributed by atoms with Crippen LogP contribution in [-0.2, 0) is 30.4 Å². The molecule has 7 aromatic carbocycles. The van der Waals surface area contributed by atoms with Crippen molar-refractivity contribution in [3.8, 4) is 28.8 Å².